The molecule has 98 valence electrons. The lowest BCUT2D eigenvalue weighted by Crippen LogP contribution is -2.32. The van der Waals surface area contributed by atoms with E-state index in [1.165, 1.54) is 12.1 Å². The minimum absolute atomic E-state index is 0.213. The number of halogens is 1. The molecule has 1 aliphatic heterocycles. The summed E-state index contributed by atoms with van der Waals surface area (Å²) in [4.78, 5) is 2.20. The number of anilines is 2. The second-order valence-corrected chi connectivity index (χ2v) is 4.62. The Labute approximate surface area is 111 Å². The van der Waals surface area contributed by atoms with E-state index in [9.17, 15) is 4.39 Å². The van der Waals surface area contributed by atoms with Crippen LogP contribution in [0.15, 0.2) is 42.5 Å². The molecule has 1 heterocycles. The maximum Gasteiger partial charge on any atom is 0.142 e. The molecule has 2 aromatic rings. The first-order valence-electron chi connectivity index (χ1n) is 6.24. The van der Waals surface area contributed by atoms with E-state index in [-0.39, 0.29) is 5.82 Å². The fourth-order valence-electron chi connectivity index (χ4n) is 2.26. The Bertz CT molecular complexity index is 583. The number of nitrogens with zero attached hydrogens (tertiary/aromatic N) is 1. The molecule has 0 amide bonds. The molecule has 3 rings (SSSR count). The highest BCUT2D eigenvalue weighted by Gasteiger charge is 2.18. The Morgan fingerprint density at radius 1 is 1.16 bits per heavy atom. The molecular weight excluding hydrogens is 243 g/mol. The van der Waals surface area contributed by atoms with Gasteiger partial charge in [-0.05, 0) is 35.9 Å². The van der Waals surface area contributed by atoms with E-state index in [1.54, 1.807) is 12.1 Å². The van der Waals surface area contributed by atoms with Crippen molar-refractivity contribution >= 4 is 11.4 Å². The van der Waals surface area contributed by atoms with Gasteiger partial charge in [-0.15, -0.1) is 0 Å². The first-order valence-corrected chi connectivity index (χ1v) is 6.24. The summed E-state index contributed by atoms with van der Waals surface area (Å²) in [5, 5.41) is 0. The SMILES string of the molecule is Nc1ccc2c(c1)N(Cc1ccc(F)cc1)CCO2. The molecule has 0 fully saturated rings. The monoisotopic (exact) mass is 258 g/mol. The van der Waals surface area contributed by atoms with Gasteiger partial charge in [-0.1, -0.05) is 12.1 Å². The molecule has 0 unspecified atom stereocenters. The Hall–Kier alpha value is -2.23. The summed E-state index contributed by atoms with van der Waals surface area (Å²) in [5.74, 6) is 0.637. The van der Waals surface area contributed by atoms with Crippen molar-refractivity contribution in [1.29, 1.82) is 0 Å². The van der Waals surface area contributed by atoms with Gasteiger partial charge in [-0.25, -0.2) is 4.39 Å². The first kappa shape index (κ1) is 11.8. The Kier molecular flexibility index (Phi) is 2.99. The Morgan fingerprint density at radius 3 is 2.74 bits per heavy atom. The third-order valence-electron chi connectivity index (χ3n) is 3.23. The van der Waals surface area contributed by atoms with Crippen LogP contribution in [-0.2, 0) is 6.54 Å². The molecule has 0 aromatic heterocycles. The molecule has 0 atom stereocenters. The number of nitrogens with two attached hydrogens (primary N) is 1. The van der Waals surface area contributed by atoms with Crippen LogP contribution in [0.1, 0.15) is 5.56 Å². The van der Waals surface area contributed by atoms with E-state index >= 15 is 0 Å². The van der Waals surface area contributed by atoms with E-state index in [2.05, 4.69) is 4.90 Å². The van der Waals surface area contributed by atoms with Crippen LogP contribution in [0.2, 0.25) is 0 Å². The maximum absolute atomic E-state index is 12.9. The smallest absolute Gasteiger partial charge is 0.142 e. The molecule has 2 N–H and O–H groups in total. The normalized spacial score (nSPS) is 13.8. The van der Waals surface area contributed by atoms with Crippen LogP contribution in [-0.4, -0.2) is 13.2 Å². The molecule has 4 heteroatoms. The van der Waals surface area contributed by atoms with E-state index in [1.807, 2.05) is 18.2 Å². The van der Waals surface area contributed by atoms with E-state index in [0.29, 0.717) is 12.3 Å². The molecule has 0 spiro atoms. The predicted molar refractivity (Wildman–Crippen MR) is 73.8 cm³/mol. The fraction of sp³-hybridized carbons (Fsp3) is 0.200. The van der Waals surface area contributed by atoms with Crippen LogP contribution < -0.4 is 15.4 Å². The van der Waals surface area contributed by atoms with Crippen molar-refractivity contribution < 1.29 is 9.13 Å². The fourth-order valence-corrected chi connectivity index (χ4v) is 2.26. The van der Waals surface area contributed by atoms with Crippen molar-refractivity contribution in [2.24, 2.45) is 0 Å². The molecule has 19 heavy (non-hydrogen) atoms. The zero-order chi connectivity index (χ0) is 13.2. The molecule has 0 aliphatic carbocycles. The lowest BCUT2D eigenvalue weighted by Gasteiger charge is -2.31. The summed E-state index contributed by atoms with van der Waals surface area (Å²) in [6.07, 6.45) is 0. The van der Waals surface area contributed by atoms with Gasteiger partial charge in [0, 0.05) is 12.2 Å². The van der Waals surface area contributed by atoms with Gasteiger partial charge in [-0.2, -0.15) is 0 Å². The van der Waals surface area contributed by atoms with E-state index in [0.717, 1.165) is 30.1 Å². The third-order valence-corrected chi connectivity index (χ3v) is 3.23. The maximum atomic E-state index is 12.9. The van der Waals surface area contributed by atoms with Gasteiger partial charge in [0.2, 0.25) is 0 Å². The minimum Gasteiger partial charge on any atom is -0.490 e. The summed E-state index contributed by atoms with van der Waals surface area (Å²) < 4.78 is 18.5. The van der Waals surface area contributed by atoms with Crippen molar-refractivity contribution in [3.05, 3.63) is 53.8 Å². The Morgan fingerprint density at radius 2 is 1.95 bits per heavy atom. The number of hydrogen-bond acceptors (Lipinski definition) is 3. The minimum atomic E-state index is -0.213. The van der Waals surface area contributed by atoms with E-state index < -0.39 is 0 Å². The molecule has 2 aromatic carbocycles. The Balaban J connectivity index is 1.87. The third kappa shape index (κ3) is 2.47. The predicted octanol–water partition coefficient (Wildman–Crippen LogP) is 2.81. The highest BCUT2D eigenvalue weighted by atomic mass is 19.1. The molecule has 0 bridgehead atoms. The number of hydrogen-bond donors (Lipinski definition) is 1. The van der Waals surface area contributed by atoms with Crippen molar-refractivity contribution in [3.63, 3.8) is 0 Å². The van der Waals surface area contributed by atoms with Gasteiger partial charge in [0.15, 0.2) is 0 Å². The van der Waals surface area contributed by atoms with Crippen LogP contribution >= 0.6 is 0 Å². The summed E-state index contributed by atoms with van der Waals surface area (Å²) in [6.45, 7) is 2.17. The number of ether oxygens (including phenoxy) is 1. The zero-order valence-electron chi connectivity index (χ0n) is 10.5. The number of nitrogen functional groups attached to an aromatic ring is 1. The van der Waals surface area contributed by atoms with Crippen LogP contribution in [0.5, 0.6) is 5.75 Å². The number of benzene rings is 2. The number of rotatable bonds is 2. The summed E-state index contributed by atoms with van der Waals surface area (Å²) in [5.41, 5.74) is 8.60. The lowest BCUT2D eigenvalue weighted by molar-refractivity contribution is 0.307. The number of fused-ring (bicyclic) bond motifs is 1. The van der Waals surface area contributed by atoms with Gasteiger partial charge in [-0.3, -0.25) is 0 Å². The van der Waals surface area contributed by atoms with Crippen molar-refractivity contribution in [2.45, 2.75) is 6.54 Å². The standard InChI is InChI=1S/C15H15FN2O/c16-12-3-1-11(2-4-12)10-18-7-8-19-15-6-5-13(17)9-14(15)18/h1-6,9H,7-8,10,17H2. The average molecular weight is 258 g/mol. The zero-order valence-corrected chi connectivity index (χ0v) is 10.5. The van der Waals surface area contributed by atoms with Crippen molar-refractivity contribution in [3.8, 4) is 5.75 Å². The van der Waals surface area contributed by atoms with Crippen LogP contribution in [0, 0.1) is 5.82 Å². The second-order valence-electron chi connectivity index (χ2n) is 4.62. The molecule has 1 aliphatic rings. The molecule has 0 saturated heterocycles. The van der Waals surface area contributed by atoms with Gasteiger partial charge in [0.25, 0.3) is 0 Å². The highest BCUT2D eigenvalue weighted by Crippen LogP contribution is 2.34. The second kappa shape index (κ2) is 4.80. The van der Waals surface area contributed by atoms with Crippen LogP contribution in [0.25, 0.3) is 0 Å². The van der Waals surface area contributed by atoms with Gasteiger partial charge < -0.3 is 15.4 Å². The average Bonchev–Trinajstić information content (AvgIpc) is 2.42. The summed E-state index contributed by atoms with van der Waals surface area (Å²) in [6, 6.07) is 12.2. The summed E-state index contributed by atoms with van der Waals surface area (Å²) >= 11 is 0. The van der Waals surface area contributed by atoms with Gasteiger partial charge in [0.1, 0.15) is 18.2 Å². The quantitative estimate of drug-likeness (QED) is 0.842. The lowest BCUT2D eigenvalue weighted by atomic mass is 10.1. The largest absolute Gasteiger partial charge is 0.490 e. The van der Waals surface area contributed by atoms with Crippen molar-refractivity contribution in [1.82, 2.24) is 0 Å². The van der Waals surface area contributed by atoms with Gasteiger partial charge >= 0.3 is 0 Å². The van der Waals surface area contributed by atoms with E-state index in [4.69, 9.17) is 10.5 Å². The molecular formula is C15H15FN2O. The highest BCUT2D eigenvalue weighted by molar-refractivity contribution is 5.66. The summed E-state index contributed by atoms with van der Waals surface area (Å²) in [7, 11) is 0. The molecule has 0 saturated carbocycles. The van der Waals surface area contributed by atoms with Crippen LogP contribution in [0.3, 0.4) is 0 Å². The van der Waals surface area contributed by atoms with Crippen molar-refractivity contribution in [2.75, 3.05) is 23.8 Å². The molecule has 3 nitrogen and oxygen atoms in total. The van der Waals surface area contributed by atoms with Crippen LogP contribution in [0.4, 0.5) is 15.8 Å². The first-order chi connectivity index (χ1) is 9.22. The van der Waals surface area contributed by atoms with Gasteiger partial charge in [0.05, 0.1) is 12.2 Å². The topological polar surface area (TPSA) is 38.5 Å². The molecule has 0 radical (unpaired) electrons.